The molecule has 6 rings (SSSR count). The second-order valence-corrected chi connectivity index (χ2v) is 10.1. The minimum absolute atomic E-state index is 0.131. The Kier molecular flexibility index (Phi) is 6.06. The SMILES string of the molecule is CC1(c2ccc(Nc3nc(-c4c(F)cccc4F)nc4c3C(=O)NC4)cc2)CCN(C2CCOCC2)C1=O. The number of benzene rings is 2. The largest absolute Gasteiger partial charge is 0.381 e. The van der Waals surface area contributed by atoms with Gasteiger partial charge in [-0.15, -0.1) is 0 Å². The zero-order valence-electron chi connectivity index (χ0n) is 20.9. The van der Waals surface area contributed by atoms with Crippen LogP contribution in [0.5, 0.6) is 0 Å². The molecular weight excluding hydrogens is 492 g/mol. The summed E-state index contributed by atoms with van der Waals surface area (Å²) in [6.07, 6.45) is 2.45. The van der Waals surface area contributed by atoms with E-state index in [2.05, 4.69) is 20.6 Å². The van der Waals surface area contributed by atoms with Gasteiger partial charge in [-0.05, 0) is 56.0 Å². The fourth-order valence-corrected chi connectivity index (χ4v) is 5.58. The Morgan fingerprint density at radius 1 is 1.03 bits per heavy atom. The summed E-state index contributed by atoms with van der Waals surface area (Å²) in [7, 11) is 0. The van der Waals surface area contributed by atoms with E-state index in [4.69, 9.17) is 4.74 Å². The summed E-state index contributed by atoms with van der Waals surface area (Å²) >= 11 is 0. The molecule has 8 nitrogen and oxygen atoms in total. The molecule has 0 radical (unpaired) electrons. The van der Waals surface area contributed by atoms with Crippen molar-refractivity contribution in [2.45, 2.75) is 44.2 Å². The lowest BCUT2D eigenvalue weighted by atomic mass is 9.81. The quantitative estimate of drug-likeness (QED) is 0.528. The molecule has 3 aliphatic heterocycles. The highest BCUT2D eigenvalue weighted by Crippen LogP contribution is 2.38. The third-order valence-corrected chi connectivity index (χ3v) is 7.82. The summed E-state index contributed by atoms with van der Waals surface area (Å²) in [5.74, 6) is -1.80. The fraction of sp³-hybridized carbons (Fsp3) is 0.357. The van der Waals surface area contributed by atoms with E-state index in [0.29, 0.717) is 24.6 Å². The van der Waals surface area contributed by atoms with Gasteiger partial charge in [-0.25, -0.2) is 18.7 Å². The van der Waals surface area contributed by atoms with Crippen LogP contribution < -0.4 is 10.6 Å². The van der Waals surface area contributed by atoms with Gasteiger partial charge in [0.25, 0.3) is 5.91 Å². The number of amides is 2. The number of nitrogens with zero attached hydrogens (tertiary/aromatic N) is 3. The third kappa shape index (κ3) is 4.09. The minimum Gasteiger partial charge on any atom is -0.381 e. The van der Waals surface area contributed by atoms with Crippen LogP contribution in [-0.4, -0.2) is 52.5 Å². The molecule has 2 fully saturated rings. The summed E-state index contributed by atoms with van der Waals surface area (Å²) in [5, 5.41) is 5.81. The number of ether oxygens (including phenoxy) is 1. The van der Waals surface area contributed by atoms with E-state index >= 15 is 0 Å². The lowest BCUT2D eigenvalue weighted by Gasteiger charge is -2.33. The molecule has 1 atom stereocenters. The number of hydrogen-bond acceptors (Lipinski definition) is 6. The average molecular weight is 520 g/mol. The number of anilines is 2. The first-order valence-electron chi connectivity index (χ1n) is 12.7. The molecule has 3 aromatic rings. The first kappa shape index (κ1) is 24.4. The number of halogens is 2. The number of rotatable bonds is 5. The number of likely N-dealkylation sites (tertiary alicyclic amines) is 1. The van der Waals surface area contributed by atoms with E-state index in [1.165, 1.54) is 6.07 Å². The van der Waals surface area contributed by atoms with Gasteiger partial charge in [0.15, 0.2) is 5.82 Å². The maximum atomic E-state index is 14.5. The van der Waals surface area contributed by atoms with Crippen LogP contribution in [0.4, 0.5) is 20.3 Å². The van der Waals surface area contributed by atoms with Crippen molar-refractivity contribution < 1.29 is 23.1 Å². The topological polar surface area (TPSA) is 96.4 Å². The molecule has 0 aliphatic carbocycles. The standard InChI is InChI=1S/C28H27F2N5O3/c1-28(11-12-35(27(28)37)18-9-13-38-14-10-18)16-5-7-17(8-6-16)32-25-23-21(15-31-26(23)36)33-24(34-25)22-19(29)3-2-4-20(22)30/h2-8,18H,9-15H2,1H3,(H,31,36)(H,32,33,34). The van der Waals surface area contributed by atoms with Crippen LogP contribution in [0, 0.1) is 11.6 Å². The van der Waals surface area contributed by atoms with Crippen molar-refractivity contribution in [2.75, 3.05) is 25.1 Å². The van der Waals surface area contributed by atoms with Crippen molar-refractivity contribution in [3.05, 3.63) is 70.9 Å². The van der Waals surface area contributed by atoms with Crippen LogP contribution in [0.3, 0.4) is 0 Å². The summed E-state index contributed by atoms with van der Waals surface area (Å²) in [6, 6.07) is 11.2. The van der Waals surface area contributed by atoms with Crippen LogP contribution in [-0.2, 0) is 21.5 Å². The summed E-state index contributed by atoms with van der Waals surface area (Å²) in [5.41, 5.74) is 1.14. The van der Waals surface area contributed by atoms with Crippen LogP contribution >= 0.6 is 0 Å². The molecular formula is C28H27F2N5O3. The molecule has 38 heavy (non-hydrogen) atoms. The highest BCUT2D eigenvalue weighted by atomic mass is 19.1. The molecule has 10 heteroatoms. The summed E-state index contributed by atoms with van der Waals surface area (Å²) in [4.78, 5) is 36.5. The Bertz CT molecular complexity index is 1400. The molecule has 2 N–H and O–H groups in total. The van der Waals surface area contributed by atoms with E-state index in [-0.39, 0.29) is 47.2 Å². The Hall–Kier alpha value is -3.92. The summed E-state index contributed by atoms with van der Waals surface area (Å²) in [6.45, 7) is 4.20. The minimum atomic E-state index is -0.790. The second kappa shape index (κ2) is 9.43. The molecule has 196 valence electrons. The molecule has 0 spiro atoms. The van der Waals surface area contributed by atoms with Crippen molar-refractivity contribution in [1.82, 2.24) is 20.2 Å². The Balaban J connectivity index is 1.28. The van der Waals surface area contributed by atoms with Gasteiger partial charge in [0, 0.05) is 31.5 Å². The van der Waals surface area contributed by atoms with Gasteiger partial charge in [-0.2, -0.15) is 0 Å². The number of fused-ring (bicyclic) bond motifs is 1. The number of carbonyl (C=O) groups is 2. The number of hydrogen-bond donors (Lipinski definition) is 2. The fourth-order valence-electron chi connectivity index (χ4n) is 5.58. The van der Waals surface area contributed by atoms with Crippen LogP contribution in [0.25, 0.3) is 11.4 Å². The molecule has 2 amide bonds. The van der Waals surface area contributed by atoms with Gasteiger partial charge in [-0.1, -0.05) is 18.2 Å². The summed E-state index contributed by atoms with van der Waals surface area (Å²) < 4.78 is 34.4. The Morgan fingerprint density at radius 2 is 1.74 bits per heavy atom. The molecule has 4 heterocycles. The zero-order chi connectivity index (χ0) is 26.4. The van der Waals surface area contributed by atoms with Crippen LogP contribution in [0.15, 0.2) is 42.5 Å². The number of aromatic nitrogens is 2. The first-order valence-corrected chi connectivity index (χ1v) is 12.7. The van der Waals surface area contributed by atoms with Crippen molar-refractivity contribution in [2.24, 2.45) is 0 Å². The van der Waals surface area contributed by atoms with Crippen molar-refractivity contribution in [1.29, 1.82) is 0 Å². The molecule has 1 aromatic heterocycles. The maximum absolute atomic E-state index is 14.5. The predicted molar refractivity (Wildman–Crippen MR) is 136 cm³/mol. The van der Waals surface area contributed by atoms with Crippen molar-refractivity contribution in [3.8, 4) is 11.4 Å². The van der Waals surface area contributed by atoms with Gasteiger partial charge >= 0.3 is 0 Å². The second-order valence-electron chi connectivity index (χ2n) is 10.1. The monoisotopic (exact) mass is 519 g/mol. The first-order chi connectivity index (χ1) is 18.3. The van der Waals surface area contributed by atoms with E-state index in [9.17, 15) is 18.4 Å². The normalized spacial score (nSPS) is 21.5. The lowest BCUT2D eigenvalue weighted by molar-refractivity contribution is -0.135. The Labute approximate surface area is 218 Å². The van der Waals surface area contributed by atoms with Gasteiger partial charge in [0.05, 0.1) is 23.2 Å². The maximum Gasteiger partial charge on any atom is 0.257 e. The van der Waals surface area contributed by atoms with E-state index in [0.717, 1.165) is 43.5 Å². The van der Waals surface area contributed by atoms with Gasteiger partial charge < -0.3 is 20.3 Å². The van der Waals surface area contributed by atoms with E-state index < -0.39 is 17.0 Å². The smallest absolute Gasteiger partial charge is 0.257 e. The highest BCUT2D eigenvalue weighted by molar-refractivity contribution is 6.03. The molecule has 2 saturated heterocycles. The van der Waals surface area contributed by atoms with Gasteiger partial charge in [-0.3, -0.25) is 9.59 Å². The average Bonchev–Trinajstić information content (AvgIpc) is 3.44. The third-order valence-electron chi connectivity index (χ3n) is 7.82. The van der Waals surface area contributed by atoms with Crippen LogP contribution in [0.1, 0.15) is 47.8 Å². The molecule has 2 aromatic carbocycles. The molecule has 3 aliphatic rings. The van der Waals surface area contributed by atoms with Crippen LogP contribution in [0.2, 0.25) is 0 Å². The molecule has 0 bridgehead atoms. The van der Waals surface area contributed by atoms with E-state index in [1.54, 1.807) is 0 Å². The van der Waals surface area contributed by atoms with E-state index in [1.807, 2.05) is 36.1 Å². The van der Waals surface area contributed by atoms with Crippen molar-refractivity contribution >= 4 is 23.3 Å². The lowest BCUT2D eigenvalue weighted by Crippen LogP contribution is -2.44. The highest BCUT2D eigenvalue weighted by Gasteiger charge is 2.46. The van der Waals surface area contributed by atoms with Gasteiger partial charge in [0.1, 0.15) is 23.0 Å². The molecule has 0 saturated carbocycles. The number of carbonyl (C=O) groups excluding carboxylic acids is 2. The van der Waals surface area contributed by atoms with Crippen molar-refractivity contribution in [3.63, 3.8) is 0 Å². The Morgan fingerprint density at radius 3 is 2.45 bits per heavy atom. The van der Waals surface area contributed by atoms with Gasteiger partial charge in [0.2, 0.25) is 5.91 Å². The predicted octanol–water partition coefficient (Wildman–Crippen LogP) is 4.08. The molecule has 1 unspecified atom stereocenters. The zero-order valence-corrected chi connectivity index (χ0v) is 20.9. The number of nitrogens with one attached hydrogen (secondary N) is 2.